The topological polar surface area (TPSA) is 103 Å². The zero-order valence-corrected chi connectivity index (χ0v) is 14.6. The average Bonchev–Trinajstić information content (AvgIpc) is 2.65. The first-order valence-corrected chi connectivity index (χ1v) is 7.76. The maximum Gasteiger partial charge on any atom is 0.256 e. The molecule has 26 heavy (non-hydrogen) atoms. The van der Waals surface area contributed by atoms with Crippen molar-refractivity contribution >= 4 is 32.6 Å². The molecule has 0 aliphatic carbocycles. The summed E-state index contributed by atoms with van der Waals surface area (Å²) in [5.41, 5.74) is 0.0945. The van der Waals surface area contributed by atoms with Crippen molar-refractivity contribution in [2.45, 2.75) is 0 Å². The van der Waals surface area contributed by atoms with E-state index in [9.17, 15) is 9.59 Å². The second-order valence-electron chi connectivity index (χ2n) is 5.73. The van der Waals surface area contributed by atoms with Crippen molar-refractivity contribution in [2.24, 2.45) is 0 Å². The molecule has 2 aromatic heterocycles. The molecule has 0 saturated carbocycles. The smallest absolute Gasteiger partial charge is 0.256 e. The monoisotopic (exact) mass is 356 g/mol. The van der Waals surface area contributed by atoms with Gasteiger partial charge in [0, 0.05) is 10.8 Å². The van der Waals surface area contributed by atoms with Gasteiger partial charge < -0.3 is 28.9 Å². The Balaban J connectivity index is 2.42. The van der Waals surface area contributed by atoms with Gasteiger partial charge in [-0.15, -0.1) is 0 Å². The number of benzene rings is 2. The van der Waals surface area contributed by atoms with Crippen LogP contribution in [0, 0.1) is 0 Å². The van der Waals surface area contributed by atoms with E-state index < -0.39 is 0 Å². The SMILES string of the molecule is COc1cc2c(=O)[nH]c3c(OC)c(OC)cc4c(=O)[nH]c(c1OC)c2c34. The molecule has 0 bridgehead atoms. The Morgan fingerprint density at radius 2 is 1.04 bits per heavy atom. The van der Waals surface area contributed by atoms with Crippen molar-refractivity contribution < 1.29 is 18.9 Å². The van der Waals surface area contributed by atoms with E-state index in [1.54, 1.807) is 12.1 Å². The highest BCUT2D eigenvalue weighted by atomic mass is 16.5. The predicted octanol–water partition coefficient (Wildman–Crippen LogP) is 1.99. The normalized spacial score (nSPS) is 11.4. The predicted molar refractivity (Wildman–Crippen MR) is 97.6 cm³/mol. The first-order chi connectivity index (χ1) is 12.5. The third-order valence-electron chi connectivity index (χ3n) is 4.56. The molecule has 0 aliphatic rings. The van der Waals surface area contributed by atoms with Crippen molar-refractivity contribution in [3.05, 3.63) is 32.8 Å². The van der Waals surface area contributed by atoms with Gasteiger partial charge in [-0.25, -0.2) is 0 Å². The van der Waals surface area contributed by atoms with Gasteiger partial charge in [0.1, 0.15) is 0 Å². The second-order valence-corrected chi connectivity index (χ2v) is 5.73. The number of hydrogen-bond acceptors (Lipinski definition) is 6. The van der Waals surface area contributed by atoms with E-state index in [1.165, 1.54) is 28.4 Å². The summed E-state index contributed by atoms with van der Waals surface area (Å²) in [6.07, 6.45) is 0. The Morgan fingerprint density at radius 3 is 1.35 bits per heavy atom. The van der Waals surface area contributed by atoms with Gasteiger partial charge in [0.25, 0.3) is 11.1 Å². The Labute approximate surface area is 146 Å². The van der Waals surface area contributed by atoms with Crippen LogP contribution in [0.1, 0.15) is 0 Å². The zero-order valence-electron chi connectivity index (χ0n) is 14.6. The minimum Gasteiger partial charge on any atom is -0.493 e. The fourth-order valence-corrected chi connectivity index (χ4v) is 3.47. The summed E-state index contributed by atoms with van der Waals surface area (Å²) in [6.45, 7) is 0. The highest BCUT2D eigenvalue weighted by Gasteiger charge is 2.24. The molecule has 8 nitrogen and oxygen atoms in total. The molecule has 0 radical (unpaired) electrons. The molecule has 0 amide bonds. The number of methoxy groups -OCH3 is 4. The number of pyridine rings is 2. The van der Waals surface area contributed by atoms with Crippen LogP contribution in [-0.2, 0) is 0 Å². The number of rotatable bonds is 4. The number of hydrogen-bond donors (Lipinski definition) is 2. The Bertz CT molecular complexity index is 1170. The van der Waals surface area contributed by atoms with Gasteiger partial charge in [-0.1, -0.05) is 0 Å². The summed E-state index contributed by atoms with van der Waals surface area (Å²) in [5, 5.41) is 1.88. The molecule has 2 heterocycles. The number of H-pyrrole nitrogens is 2. The fourth-order valence-electron chi connectivity index (χ4n) is 3.47. The molecule has 0 saturated heterocycles. The van der Waals surface area contributed by atoms with Crippen molar-refractivity contribution in [3.8, 4) is 23.0 Å². The quantitative estimate of drug-likeness (QED) is 0.542. The zero-order chi connectivity index (χ0) is 18.6. The van der Waals surface area contributed by atoms with Gasteiger partial charge in [-0.05, 0) is 12.1 Å². The van der Waals surface area contributed by atoms with E-state index in [0.29, 0.717) is 55.6 Å². The minimum atomic E-state index is -0.344. The lowest BCUT2D eigenvalue weighted by molar-refractivity contribution is 0.358. The summed E-state index contributed by atoms with van der Waals surface area (Å²) in [6, 6.07) is 3.18. The van der Waals surface area contributed by atoms with Crippen molar-refractivity contribution in [1.29, 1.82) is 0 Å². The van der Waals surface area contributed by atoms with Crippen molar-refractivity contribution in [3.63, 3.8) is 0 Å². The number of nitrogens with one attached hydrogen (secondary N) is 2. The Kier molecular flexibility index (Phi) is 3.43. The van der Waals surface area contributed by atoms with Crippen LogP contribution < -0.4 is 30.1 Å². The molecular formula is C18H16N2O6. The number of aromatic amines is 2. The molecule has 0 fully saturated rings. The Hall–Kier alpha value is -3.42. The molecule has 134 valence electrons. The van der Waals surface area contributed by atoms with E-state index >= 15 is 0 Å². The lowest BCUT2D eigenvalue weighted by atomic mass is 9.99. The summed E-state index contributed by atoms with van der Waals surface area (Å²) in [5.74, 6) is 1.40. The summed E-state index contributed by atoms with van der Waals surface area (Å²) >= 11 is 0. The first kappa shape index (κ1) is 16.1. The summed E-state index contributed by atoms with van der Waals surface area (Å²) < 4.78 is 21.5. The summed E-state index contributed by atoms with van der Waals surface area (Å²) in [7, 11) is 5.88. The van der Waals surface area contributed by atoms with Crippen LogP contribution in [0.15, 0.2) is 21.7 Å². The van der Waals surface area contributed by atoms with E-state index in [1.807, 2.05) is 0 Å². The molecule has 0 aliphatic heterocycles. The second kappa shape index (κ2) is 5.55. The van der Waals surface area contributed by atoms with Gasteiger partial charge in [-0.3, -0.25) is 9.59 Å². The van der Waals surface area contributed by atoms with Gasteiger partial charge in [0.15, 0.2) is 23.0 Å². The lowest BCUT2D eigenvalue weighted by Gasteiger charge is -2.17. The van der Waals surface area contributed by atoms with Crippen LogP contribution in [0.3, 0.4) is 0 Å². The molecule has 2 aromatic carbocycles. The lowest BCUT2D eigenvalue weighted by Crippen LogP contribution is -2.15. The van der Waals surface area contributed by atoms with Crippen LogP contribution >= 0.6 is 0 Å². The van der Waals surface area contributed by atoms with Gasteiger partial charge in [0.05, 0.1) is 50.2 Å². The van der Waals surface area contributed by atoms with Crippen molar-refractivity contribution in [2.75, 3.05) is 28.4 Å². The number of aromatic nitrogens is 2. The minimum absolute atomic E-state index is 0.344. The largest absolute Gasteiger partial charge is 0.493 e. The molecule has 0 unspecified atom stereocenters. The first-order valence-electron chi connectivity index (χ1n) is 7.76. The van der Waals surface area contributed by atoms with Gasteiger partial charge in [0.2, 0.25) is 0 Å². The molecule has 4 rings (SSSR count). The highest BCUT2D eigenvalue weighted by Crippen LogP contribution is 2.44. The molecule has 0 spiro atoms. The maximum absolute atomic E-state index is 12.7. The van der Waals surface area contributed by atoms with E-state index in [2.05, 4.69) is 9.97 Å². The van der Waals surface area contributed by atoms with E-state index in [0.717, 1.165) is 0 Å². The maximum atomic E-state index is 12.7. The number of ether oxygens (including phenoxy) is 4. The van der Waals surface area contributed by atoms with Crippen LogP contribution in [0.25, 0.3) is 32.6 Å². The van der Waals surface area contributed by atoms with Gasteiger partial charge >= 0.3 is 0 Å². The molecule has 8 heteroatoms. The average molecular weight is 356 g/mol. The molecule has 2 N–H and O–H groups in total. The highest BCUT2D eigenvalue weighted by molar-refractivity contribution is 6.23. The van der Waals surface area contributed by atoms with E-state index in [-0.39, 0.29) is 11.1 Å². The Morgan fingerprint density at radius 1 is 0.654 bits per heavy atom. The van der Waals surface area contributed by atoms with Crippen LogP contribution in [-0.4, -0.2) is 38.4 Å². The molecule has 4 aromatic rings. The summed E-state index contributed by atoms with van der Waals surface area (Å²) in [4.78, 5) is 31.1. The molecular weight excluding hydrogens is 340 g/mol. The van der Waals surface area contributed by atoms with Crippen molar-refractivity contribution in [1.82, 2.24) is 9.97 Å². The van der Waals surface area contributed by atoms with E-state index in [4.69, 9.17) is 18.9 Å². The van der Waals surface area contributed by atoms with Gasteiger partial charge in [-0.2, -0.15) is 0 Å². The standard InChI is InChI=1S/C18H16N2O6/c1-23-9-5-7-11-12-8(18(22)19-13(11)15(9)25-3)6-10(24-2)16(26-4)14(12)20-17(7)21/h5-6H,1-4H3,(H,19,22)(H,20,21). The van der Waals surface area contributed by atoms with Crippen LogP contribution in [0.5, 0.6) is 23.0 Å². The van der Waals surface area contributed by atoms with Crippen LogP contribution in [0.2, 0.25) is 0 Å². The third-order valence-corrected chi connectivity index (χ3v) is 4.56. The third kappa shape index (κ3) is 1.89. The fraction of sp³-hybridized carbons (Fsp3) is 0.222. The molecule has 0 atom stereocenters. The van der Waals surface area contributed by atoms with Crippen LogP contribution in [0.4, 0.5) is 0 Å².